The Hall–Kier alpha value is 0.726. The Morgan fingerprint density at radius 1 is 1.91 bits per heavy atom. The molecular weight excluding hydrogens is 203 g/mol. The van der Waals surface area contributed by atoms with Crippen LogP contribution in [0.1, 0.15) is 14.8 Å². The standard InChI is InChI=1S/C3H5ClN2O4.K.H/c1-2-3(4,6(8)9)10-5-7;;/h2H2,1H3;;/q;+1;-1. The van der Waals surface area contributed by atoms with Crippen LogP contribution in [0.25, 0.3) is 0 Å². The first kappa shape index (κ1) is 14.3. The minimum Gasteiger partial charge on any atom is -1.00 e. The minimum absolute atomic E-state index is 0. The first-order valence-electron chi connectivity index (χ1n) is 2.41. The second-order valence-corrected chi connectivity index (χ2v) is 2.06. The summed E-state index contributed by atoms with van der Waals surface area (Å²) in [6, 6.07) is 0. The molecule has 0 aromatic rings. The predicted molar refractivity (Wildman–Crippen MR) is 33.9 cm³/mol. The molecule has 11 heavy (non-hydrogen) atoms. The maximum absolute atomic E-state index is 9.99. The zero-order valence-corrected chi connectivity index (χ0v) is 9.99. The van der Waals surface area contributed by atoms with E-state index in [4.69, 9.17) is 11.6 Å². The number of halogens is 1. The summed E-state index contributed by atoms with van der Waals surface area (Å²) in [5.41, 5.74) is 0. The SMILES string of the molecule is CCC(Cl)(ON=O)[N+](=O)[O-].[H-].[K+]. The van der Waals surface area contributed by atoms with Crippen molar-refractivity contribution in [2.45, 2.75) is 18.5 Å². The van der Waals surface area contributed by atoms with E-state index in [9.17, 15) is 15.0 Å². The summed E-state index contributed by atoms with van der Waals surface area (Å²) in [7, 11) is 0. The molecule has 0 bridgehead atoms. The molecule has 0 amide bonds. The van der Waals surface area contributed by atoms with Crippen LogP contribution in [0.2, 0.25) is 0 Å². The van der Waals surface area contributed by atoms with E-state index in [1.807, 2.05) is 5.34 Å². The summed E-state index contributed by atoms with van der Waals surface area (Å²) in [6.45, 7) is 1.40. The molecule has 0 spiro atoms. The van der Waals surface area contributed by atoms with E-state index in [0.29, 0.717) is 0 Å². The maximum Gasteiger partial charge on any atom is 1.00 e. The Bertz CT molecular complexity index is 161. The molecular formula is C3H6ClKN2O4. The predicted octanol–water partition coefficient (Wildman–Crippen LogP) is -1.62. The van der Waals surface area contributed by atoms with Crippen LogP contribution in [-0.4, -0.2) is 10.1 Å². The fourth-order valence-electron chi connectivity index (χ4n) is 0.284. The quantitative estimate of drug-likeness (QED) is 0.106. The van der Waals surface area contributed by atoms with Gasteiger partial charge >= 0.3 is 56.6 Å². The normalized spacial score (nSPS) is 14.0. The largest absolute Gasteiger partial charge is 1.00 e. The summed E-state index contributed by atoms with van der Waals surface area (Å²) in [4.78, 5) is 22.3. The number of hydrogen-bond acceptors (Lipinski definition) is 5. The topological polar surface area (TPSA) is 81.8 Å². The molecule has 1 atom stereocenters. The molecule has 0 heterocycles. The Kier molecular flexibility index (Phi) is 8.12. The van der Waals surface area contributed by atoms with Crippen molar-refractivity contribution < 1.29 is 62.6 Å². The number of alkyl halides is 1. The average Bonchev–Trinajstić information content (AvgIpc) is 1.88. The maximum atomic E-state index is 9.99. The van der Waals surface area contributed by atoms with Gasteiger partial charge < -0.3 is 1.43 Å². The molecule has 6 nitrogen and oxygen atoms in total. The van der Waals surface area contributed by atoms with E-state index in [-0.39, 0.29) is 59.2 Å². The Morgan fingerprint density at radius 3 is 2.45 bits per heavy atom. The van der Waals surface area contributed by atoms with Gasteiger partial charge in [0.15, 0.2) is 5.34 Å². The van der Waals surface area contributed by atoms with Gasteiger partial charge in [-0.3, -0.25) is 15.0 Å². The summed E-state index contributed by atoms with van der Waals surface area (Å²) >= 11 is 5.14. The van der Waals surface area contributed by atoms with E-state index in [1.54, 1.807) is 0 Å². The first-order chi connectivity index (χ1) is 4.56. The van der Waals surface area contributed by atoms with Crippen molar-refractivity contribution in [2.24, 2.45) is 5.34 Å². The van der Waals surface area contributed by atoms with Crippen molar-refractivity contribution >= 4 is 11.6 Å². The monoisotopic (exact) mass is 208 g/mol. The number of rotatable bonds is 4. The molecule has 0 aliphatic heterocycles. The molecule has 8 heteroatoms. The smallest absolute Gasteiger partial charge is 1.00 e. The molecule has 0 fully saturated rings. The van der Waals surface area contributed by atoms with Crippen LogP contribution in [0.3, 0.4) is 0 Å². The second kappa shape index (κ2) is 6.27. The first-order valence-corrected chi connectivity index (χ1v) is 2.79. The molecule has 1 unspecified atom stereocenters. The Labute approximate surface area is 112 Å². The van der Waals surface area contributed by atoms with Crippen molar-refractivity contribution in [1.29, 1.82) is 0 Å². The van der Waals surface area contributed by atoms with E-state index >= 15 is 0 Å². The summed E-state index contributed by atoms with van der Waals surface area (Å²) < 4.78 is 0. The minimum atomic E-state index is -2.19. The zero-order valence-electron chi connectivity index (χ0n) is 7.11. The van der Waals surface area contributed by atoms with E-state index in [2.05, 4.69) is 4.84 Å². The number of nitrogens with zero attached hydrogens (tertiary/aromatic N) is 2. The Balaban J connectivity index is -0.000000405. The third-order valence-electron chi connectivity index (χ3n) is 0.886. The van der Waals surface area contributed by atoms with Gasteiger partial charge in [0.1, 0.15) is 0 Å². The van der Waals surface area contributed by atoms with Gasteiger partial charge in [-0.1, -0.05) is 6.92 Å². The van der Waals surface area contributed by atoms with Crippen molar-refractivity contribution in [3.05, 3.63) is 15.0 Å². The number of nitro groups is 1. The van der Waals surface area contributed by atoms with Gasteiger partial charge in [-0.2, -0.15) is 0 Å². The molecule has 0 N–H and O–H groups in total. The summed E-state index contributed by atoms with van der Waals surface area (Å²) in [5, 5.41) is 9.68. The van der Waals surface area contributed by atoms with Crippen LogP contribution in [-0.2, 0) is 4.84 Å². The summed E-state index contributed by atoms with van der Waals surface area (Å²) in [5.74, 6) is 0. The van der Waals surface area contributed by atoms with Gasteiger partial charge in [0, 0.05) is 11.6 Å². The van der Waals surface area contributed by atoms with Gasteiger partial charge in [-0.25, -0.2) is 0 Å². The van der Waals surface area contributed by atoms with Crippen LogP contribution in [0.4, 0.5) is 0 Å². The molecule has 0 saturated carbocycles. The fraction of sp³-hybridized carbons (Fsp3) is 1.00. The van der Waals surface area contributed by atoms with Gasteiger partial charge in [0.05, 0.1) is 11.3 Å². The van der Waals surface area contributed by atoms with E-state index < -0.39 is 10.1 Å². The fourth-order valence-corrected chi connectivity index (χ4v) is 0.312. The molecule has 0 radical (unpaired) electrons. The van der Waals surface area contributed by atoms with Crippen LogP contribution in [0, 0.1) is 15.0 Å². The third kappa shape index (κ3) is 4.34. The molecule has 0 aromatic heterocycles. The van der Waals surface area contributed by atoms with Crippen LogP contribution in [0.5, 0.6) is 0 Å². The molecule has 0 aliphatic carbocycles. The molecule has 0 rings (SSSR count). The van der Waals surface area contributed by atoms with E-state index in [0.717, 1.165) is 0 Å². The van der Waals surface area contributed by atoms with Gasteiger partial charge in [0.2, 0.25) is 0 Å². The van der Waals surface area contributed by atoms with Crippen LogP contribution < -0.4 is 51.4 Å². The number of hydrogen-bond donors (Lipinski definition) is 0. The van der Waals surface area contributed by atoms with Gasteiger partial charge in [-0.05, 0) is 0 Å². The second-order valence-electron chi connectivity index (χ2n) is 1.47. The summed E-state index contributed by atoms with van der Waals surface area (Å²) in [6.07, 6.45) is -0.132. The van der Waals surface area contributed by atoms with Crippen molar-refractivity contribution in [3.8, 4) is 0 Å². The third-order valence-corrected chi connectivity index (χ3v) is 1.36. The van der Waals surface area contributed by atoms with Crippen molar-refractivity contribution in [3.63, 3.8) is 0 Å². The molecule has 0 aromatic carbocycles. The van der Waals surface area contributed by atoms with Crippen LogP contribution in [0.15, 0.2) is 5.34 Å². The van der Waals surface area contributed by atoms with Gasteiger partial charge in [-0.15, -0.1) is 4.91 Å². The molecule has 60 valence electrons. The zero-order chi connectivity index (χ0) is 8.20. The van der Waals surface area contributed by atoms with Crippen LogP contribution >= 0.6 is 11.6 Å². The van der Waals surface area contributed by atoms with Crippen molar-refractivity contribution in [1.82, 2.24) is 0 Å². The average molecular weight is 209 g/mol. The van der Waals surface area contributed by atoms with E-state index in [1.165, 1.54) is 6.92 Å². The molecule has 0 aliphatic rings. The van der Waals surface area contributed by atoms with Gasteiger partial charge in [0.25, 0.3) is 0 Å². The Morgan fingerprint density at radius 2 is 2.36 bits per heavy atom. The molecule has 0 saturated heterocycles. The van der Waals surface area contributed by atoms with Crippen molar-refractivity contribution in [2.75, 3.05) is 0 Å².